The van der Waals surface area contributed by atoms with E-state index in [-0.39, 0.29) is 0 Å². The van der Waals surface area contributed by atoms with E-state index in [1.165, 1.54) is 6.33 Å². The number of hydrogen-bond acceptors (Lipinski definition) is 5. The molecule has 1 aromatic heterocycles. The number of carbonyl (C=O) groups is 2. The van der Waals surface area contributed by atoms with Crippen LogP contribution in [0.2, 0.25) is 5.02 Å². The number of nitrogens with zero attached hydrogens (tertiary/aromatic N) is 4. The van der Waals surface area contributed by atoms with Gasteiger partial charge in [0.1, 0.15) is 12.1 Å². The molecule has 1 aliphatic rings. The Hall–Kier alpha value is -3.45. The summed E-state index contributed by atoms with van der Waals surface area (Å²) < 4.78 is 0. The molecule has 152 valence electrons. The molecule has 0 aliphatic carbocycles. The Kier molecular flexibility index (Phi) is 5.63. The van der Waals surface area contributed by atoms with Crippen LogP contribution in [0.5, 0.6) is 0 Å². The maximum absolute atomic E-state index is 12.6. The number of hydrogen-bond donors (Lipinski definition) is 1. The van der Waals surface area contributed by atoms with Gasteiger partial charge >= 0.3 is 11.8 Å². The zero-order chi connectivity index (χ0) is 21.1. The zero-order valence-electron chi connectivity index (χ0n) is 16.2. The summed E-state index contributed by atoms with van der Waals surface area (Å²) in [6.07, 6.45) is 5.16. The summed E-state index contributed by atoms with van der Waals surface area (Å²) in [4.78, 5) is 36.4. The fourth-order valence-electron chi connectivity index (χ4n) is 3.41. The van der Waals surface area contributed by atoms with Crippen molar-refractivity contribution in [1.82, 2.24) is 19.8 Å². The number of nitrogen functional groups attached to an aromatic ring is 1. The minimum Gasteiger partial charge on any atom is -0.383 e. The van der Waals surface area contributed by atoms with Crippen molar-refractivity contribution < 1.29 is 9.59 Å². The third-order valence-electron chi connectivity index (χ3n) is 4.99. The van der Waals surface area contributed by atoms with E-state index < -0.39 is 11.8 Å². The maximum Gasteiger partial charge on any atom is 0.312 e. The molecule has 8 heteroatoms. The van der Waals surface area contributed by atoms with Gasteiger partial charge in [-0.3, -0.25) is 9.59 Å². The van der Waals surface area contributed by atoms with Crippen LogP contribution >= 0.6 is 11.6 Å². The van der Waals surface area contributed by atoms with Crippen LogP contribution in [0.1, 0.15) is 11.1 Å². The summed E-state index contributed by atoms with van der Waals surface area (Å²) in [5.41, 5.74) is 8.39. The third kappa shape index (κ3) is 4.26. The number of halogens is 1. The highest BCUT2D eigenvalue weighted by Gasteiger charge is 2.31. The number of carbonyl (C=O) groups excluding carboxylic acids is 2. The van der Waals surface area contributed by atoms with E-state index in [9.17, 15) is 9.59 Å². The number of benzene rings is 2. The summed E-state index contributed by atoms with van der Waals surface area (Å²) in [5, 5.41) is 1.42. The number of piperazine rings is 1. The van der Waals surface area contributed by atoms with E-state index in [0.29, 0.717) is 42.5 Å². The zero-order valence-corrected chi connectivity index (χ0v) is 16.9. The molecule has 0 unspecified atom stereocenters. The van der Waals surface area contributed by atoms with Gasteiger partial charge in [-0.1, -0.05) is 42.0 Å². The molecule has 0 atom stereocenters. The minimum absolute atomic E-state index is 0.344. The lowest BCUT2D eigenvalue weighted by molar-refractivity contribution is -0.156. The van der Waals surface area contributed by atoms with Gasteiger partial charge in [0.15, 0.2) is 0 Å². The van der Waals surface area contributed by atoms with Crippen LogP contribution in [-0.4, -0.2) is 51.2 Å². The highest BCUT2D eigenvalue weighted by atomic mass is 35.5. The maximum atomic E-state index is 12.6. The molecule has 2 amide bonds. The van der Waals surface area contributed by atoms with Crippen LogP contribution in [0.3, 0.4) is 0 Å². The molecule has 30 heavy (non-hydrogen) atoms. The molecule has 2 aromatic carbocycles. The molecule has 0 saturated carbocycles. The van der Waals surface area contributed by atoms with Gasteiger partial charge in [-0.05, 0) is 35.4 Å². The first-order chi connectivity index (χ1) is 14.5. The highest BCUT2D eigenvalue weighted by molar-refractivity contribution is 6.35. The molecule has 1 aliphatic heterocycles. The Balaban J connectivity index is 1.39. The van der Waals surface area contributed by atoms with Crippen molar-refractivity contribution >= 4 is 46.2 Å². The predicted octanol–water partition coefficient (Wildman–Crippen LogP) is 2.75. The molecule has 0 spiro atoms. The lowest BCUT2D eigenvalue weighted by Gasteiger charge is -2.33. The quantitative estimate of drug-likeness (QED) is 0.639. The topological polar surface area (TPSA) is 92.4 Å². The lowest BCUT2D eigenvalue weighted by Crippen LogP contribution is -2.53. The molecule has 2 N–H and O–H groups in total. The average molecular weight is 422 g/mol. The first kappa shape index (κ1) is 19.8. The van der Waals surface area contributed by atoms with E-state index in [2.05, 4.69) is 9.97 Å². The van der Waals surface area contributed by atoms with Gasteiger partial charge in [0.2, 0.25) is 0 Å². The summed E-state index contributed by atoms with van der Waals surface area (Å²) in [7, 11) is 0. The summed E-state index contributed by atoms with van der Waals surface area (Å²) in [5.74, 6) is -0.582. The molecular weight excluding hydrogens is 402 g/mol. The van der Waals surface area contributed by atoms with Crippen molar-refractivity contribution in [2.24, 2.45) is 0 Å². The number of amides is 2. The standard InChI is InChI=1S/C22H20ClN5O2/c23-17-5-1-3-15(11-17)4-2-8-27-9-10-28(22(30)21(27)29)13-16-6-7-18-19(12-16)25-14-26-20(18)24/h1-7,11-12,14H,8-10,13H2,(H2,24,25,26)/b4-2+. The monoisotopic (exact) mass is 421 g/mol. The summed E-state index contributed by atoms with van der Waals surface area (Å²) in [6, 6.07) is 13.0. The van der Waals surface area contributed by atoms with Crippen molar-refractivity contribution in [3.8, 4) is 0 Å². The first-order valence-electron chi connectivity index (χ1n) is 9.50. The molecule has 2 heterocycles. The van der Waals surface area contributed by atoms with Crippen LogP contribution in [-0.2, 0) is 16.1 Å². The van der Waals surface area contributed by atoms with E-state index in [0.717, 1.165) is 16.5 Å². The van der Waals surface area contributed by atoms with Gasteiger partial charge in [-0.2, -0.15) is 0 Å². The second-order valence-corrected chi connectivity index (χ2v) is 7.48. The van der Waals surface area contributed by atoms with Crippen LogP contribution in [0.15, 0.2) is 54.9 Å². The van der Waals surface area contributed by atoms with E-state index in [1.54, 1.807) is 15.9 Å². The number of nitrogens with two attached hydrogens (primary N) is 1. The van der Waals surface area contributed by atoms with Gasteiger partial charge in [0.05, 0.1) is 5.52 Å². The van der Waals surface area contributed by atoms with Crippen LogP contribution in [0.25, 0.3) is 17.0 Å². The Morgan fingerprint density at radius 2 is 1.83 bits per heavy atom. The highest BCUT2D eigenvalue weighted by Crippen LogP contribution is 2.20. The van der Waals surface area contributed by atoms with Crippen molar-refractivity contribution in [2.75, 3.05) is 25.4 Å². The van der Waals surface area contributed by atoms with Gasteiger partial charge in [-0.25, -0.2) is 9.97 Å². The lowest BCUT2D eigenvalue weighted by atomic mass is 10.1. The van der Waals surface area contributed by atoms with Gasteiger partial charge < -0.3 is 15.5 Å². The Bertz CT molecular complexity index is 1150. The van der Waals surface area contributed by atoms with Crippen molar-refractivity contribution in [3.05, 3.63) is 71.0 Å². The predicted molar refractivity (Wildman–Crippen MR) is 116 cm³/mol. The largest absolute Gasteiger partial charge is 0.383 e. The summed E-state index contributed by atoms with van der Waals surface area (Å²) >= 11 is 5.98. The van der Waals surface area contributed by atoms with Crippen LogP contribution < -0.4 is 5.73 Å². The van der Waals surface area contributed by atoms with Crippen LogP contribution in [0.4, 0.5) is 5.82 Å². The smallest absolute Gasteiger partial charge is 0.312 e. The van der Waals surface area contributed by atoms with Gasteiger partial charge in [0.25, 0.3) is 0 Å². The first-order valence-corrected chi connectivity index (χ1v) is 9.88. The minimum atomic E-state index is -0.500. The van der Waals surface area contributed by atoms with E-state index >= 15 is 0 Å². The third-order valence-corrected chi connectivity index (χ3v) is 5.22. The van der Waals surface area contributed by atoms with Crippen LogP contribution in [0, 0.1) is 0 Å². The molecule has 3 aromatic rings. The van der Waals surface area contributed by atoms with Crippen molar-refractivity contribution in [3.63, 3.8) is 0 Å². The van der Waals surface area contributed by atoms with Gasteiger partial charge in [-0.15, -0.1) is 0 Å². The number of anilines is 1. The fraction of sp³-hybridized carbons (Fsp3) is 0.182. The number of rotatable bonds is 5. The number of fused-ring (bicyclic) bond motifs is 1. The second-order valence-electron chi connectivity index (χ2n) is 7.05. The summed E-state index contributed by atoms with van der Waals surface area (Å²) in [6.45, 7) is 1.67. The Morgan fingerprint density at radius 1 is 1.03 bits per heavy atom. The normalized spacial score (nSPS) is 14.8. The van der Waals surface area contributed by atoms with Crippen molar-refractivity contribution in [2.45, 2.75) is 6.54 Å². The molecule has 1 fully saturated rings. The molecular formula is C22H20ClN5O2. The molecule has 1 saturated heterocycles. The fourth-order valence-corrected chi connectivity index (χ4v) is 3.61. The van der Waals surface area contributed by atoms with Gasteiger partial charge in [0, 0.05) is 36.6 Å². The second kappa shape index (κ2) is 8.51. The van der Waals surface area contributed by atoms with E-state index in [1.807, 2.05) is 48.6 Å². The molecule has 7 nitrogen and oxygen atoms in total. The SMILES string of the molecule is Nc1ncnc2cc(CN3CCN(C/C=C/c4cccc(Cl)c4)C(=O)C3=O)ccc12. The van der Waals surface area contributed by atoms with Crippen molar-refractivity contribution in [1.29, 1.82) is 0 Å². The Labute approximate surface area is 178 Å². The molecule has 0 bridgehead atoms. The molecule has 0 radical (unpaired) electrons. The number of aromatic nitrogens is 2. The van der Waals surface area contributed by atoms with E-state index in [4.69, 9.17) is 17.3 Å². The average Bonchev–Trinajstić information content (AvgIpc) is 2.73. The molecule has 4 rings (SSSR count). The Morgan fingerprint density at radius 3 is 2.67 bits per heavy atom.